The van der Waals surface area contributed by atoms with Gasteiger partial charge < -0.3 is 5.32 Å². The fourth-order valence-electron chi connectivity index (χ4n) is 2.45. The Labute approximate surface area is 112 Å². The summed E-state index contributed by atoms with van der Waals surface area (Å²) in [6.07, 6.45) is 9.96. The Balaban J connectivity index is 2.44. The van der Waals surface area contributed by atoms with E-state index in [4.69, 9.17) is 0 Å². The van der Waals surface area contributed by atoms with E-state index >= 15 is 0 Å². The molecule has 0 aromatic carbocycles. The number of nitrogens with one attached hydrogen (secondary N) is 1. The molecule has 0 saturated carbocycles. The van der Waals surface area contributed by atoms with Gasteiger partial charge in [-0.15, -0.1) is 0 Å². The van der Waals surface area contributed by atoms with Crippen molar-refractivity contribution in [3.63, 3.8) is 0 Å². The van der Waals surface area contributed by atoms with Crippen LogP contribution in [0.1, 0.15) is 52.0 Å². The molecule has 0 aliphatic heterocycles. The van der Waals surface area contributed by atoms with Gasteiger partial charge in [0, 0.05) is 18.4 Å². The van der Waals surface area contributed by atoms with Gasteiger partial charge in [0.15, 0.2) is 0 Å². The minimum atomic E-state index is 0.651. The molecule has 1 N–H and O–H groups in total. The van der Waals surface area contributed by atoms with Crippen LogP contribution >= 0.6 is 0 Å². The summed E-state index contributed by atoms with van der Waals surface area (Å²) in [6, 6.07) is 4.90. The number of nitrogens with zero attached hydrogens (tertiary/aromatic N) is 1. The third-order valence-electron chi connectivity index (χ3n) is 3.58. The summed E-state index contributed by atoms with van der Waals surface area (Å²) in [5.41, 5.74) is 1.40. The highest BCUT2D eigenvalue weighted by atomic mass is 14.9. The monoisotopic (exact) mass is 248 g/mol. The Morgan fingerprint density at radius 1 is 1.11 bits per heavy atom. The lowest BCUT2D eigenvalue weighted by atomic mass is 9.92. The molecule has 2 heteroatoms. The minimum absolute atomic E-state index is 0.651. The third-order valence-corrected chi connectivity index (χ3v) is 3.58. The molecule has 18 heavy (non-hydrogen) atoms. The van der Waals surface area contributed by atoms with Crippen LogP contribution in [0.2, 0.25) is 0 Å². The van der Waals surface area contributed by atoms with Crippen molar-refractivity contribution in [1.29, 1.82) is 0 Å². The molecule has 1 aromatic heterocycles. The fourth-order valence-corrected chi connectivity index (χ4v) is 2.45. The molecule has 2 unspecified atom stereocenters. The third kappa shape index (κ3) is 5.63. The minimum Gasteiger partial charge on any atom is -0.314 e. The van der Waals surface area contributed by atoms with E-state index in [1.165, 1.54) is 31.2 Å². The van der Waals surface area contributed by atoms with E-state index in [-0.39, 0.29) is 0 Å². The van der Waals surface area contributed by atoms with E-state index in [2.05, 4.69) is 43.2 Å². The van der Waals surface area contributed by atoms with Crippen LogP contribution < -0.4 is 5.32 Å². The Morgan fingerprint density at radius 2 is 1.83 bits per heavy atom. The number of rotatable bonds is 9. The largest absolute Gasteiger partial charge is 0.314 e. The van der Waals surface area contributed by atoms with Crippen molar-refractivity contribution < 1.29 is 0 Å². The lowest BCUT2D eigenvalue weighted by molar-refractivity contribution is 0.337. The Hall–Kier alpha value is -0.890. The van der Waals surface area contributed by atoms with Gasteiger partial charge in [0.25, 0.3) is 0 Å². The summed E-state index contributed by atoms with van der Waals surface area (Å²) in [6.45, 7) is 8.02. The topological polar surface area (TPSA) is 24.9 Å². The highest BCUT2D eigenvalue weighted by Gasteiger charge is 2.15. The highest BCUT2D eigenvalue weighted by molar-refractivity contribution is 5.09. The maximum atomic E-state index is 4.07. The molecular formula is C16H28N2. The Kier molecular flexibility index (Phi) is 7.66. The normalized spacial score (nSPS) is 14.4. The fraction of sp³-hybridized carbons (Fsp3) is 0.688. The van der Waals surface area contributed by atoms with Crippen LogP contribution in [0, 0.1) is 5.92 Å². The molecule has 1 aromatic rings. The van der Waals surface area contributed by atoms with Crippen molar-refractivity contribution in [3.05, 3.63) is 30.1 Å². The van der Waals surface area contributed by atoms with Crippen molar-refractivity contribution in [3.8, 4) is 0 Å². The smallest absolute Gasteiger partial charge is 0.0270 e. The lowest BCUT2D eigenvalue weighted by Crippen LogP contribution is -2.36. The molecule has 0 aliphatic carbocycles. The number of hydrogen-bond acceptors (Lipinski definition) is 2. The van der Waals surface area contributed by atoms with Crippen LogP contribution in [-0.4, -0.2) is 17.6 Å². The zero-order valence-electron chi connectivity index (χ0n) is 12.2. The van der Waals surface area contributed by atoms with Crippen LogP contribution in [0.25, 0.3) is 0 Å². The molecule has 0 amide bonds. The van der Waals surface area contributed by atoms with Gasteiger partial charge in [-0.2, -0.15) is 0 Å². The highest BCUT2D eigenvalue weighted by Crippen LogP contribution is 2.16. The molecule has 0 saturated heterocycles. The predicted molar refractivity (Wildman–Crippen MR) is 78.7 cm³/mol. The van der Waals surface area contributed by atoms with Gasteiger partial charge in [-0.3, -0.25) is 4.98 Å². The number of aryl methyl sites for hydroxylation is 1. The van der Waals surface area contributed by atoms with Gasteiger partial charge in [0.05, 0.1) is 0 Å². The van der Waals surface area contributed by atoms with Gasteiger partial charge in [-0.25, -0.2) is 0 Å². The van der Waals surface area contributed by atoms with Crippen molar-refractivity contribution in [1.82, 2.24) is 10.3 Å². The maximum absolute atomic E-state index is 4.07. The van der Waals surface area contributed by atoms with Gasteiger partial charge in [0.1, 0.15) is 0 Å². The van der Waals surface area contributed by atoms with Gasteiger partial charge in [0.2, 0.25) is 0 Å². The first kappa shape index (κ1) is 15.2. The average Bonchev–Trinajstić information content (AvgIpc) is 2.40. The molecule has 0 spiro atoms. The first-order valence-corrected chi connectivity index (χ1v) is 7.40. The van der Waals surface area contributed by atoms with Crippen LogP contribution in [0.3, 0.4) is 0 Å². The summed E-state index contributed by atoms with van der Waals surface area (Å²) in [5.74, 6) is 0.767. The van der Waals surface area contributed by atoms with E-state index in [1.54, 1.807) is 0 Å². The second kappa shape index (κ2) is 9.09. The van der Waals surface area contributed by atoms with E-state index < -0.39 is 0 Å². The first-order valence-electron chi connectivity index (χ1n) is 7.40. The SMILES string of the molecule is CCCNC(CCc1ccncc1)C(C)CCC. The van der Waals surface area contributed by atoms with E-state index in [1.807, 2.05) is 12.4 Å². The van der Waals surface area contributed by atoms with Crippen molar-refractivity contribution in [2.24, 2.45) is 5.92 Å². The van der Waals surface area contributed by atoms with Gasteiger partial charge in [-0.1, -0.05) is 27.2 Å². The number of hydrogen-bond donors (Lipinski definition) is 1. The standard InChI is InChI=1S/C16H28N2/c1-4-6-14(3)16(18-11-5-2)8-7-15-9-12-17-13-10-15/h9-10,12-14,16,18H,4-8,11H2,1-3H3. The molecule has 0 aliphatic rings. The van der Waals surface area contributed by atoms with Gasteiger partial charge in [-0.05, 0) is 55.8 Å². The average molecular weight is 248 g/mol. The van der Waals surface area contributed by atoms with E-state index in [0.29, 0.717) is 6.04 Å². The van der Waals surface area contributed by atoms with Crippen LogP contribution in [-0.2, 0) is 6.42 Å². The summed E-state index contributed by atoms with van der Waals surface area (Å²) in [4.78, 5) is 4.07. The van der Waals surface area contributed by atoms with Crippen LogP contribution in [0.5, 0.6) is 0 Å². The molecule has 0 radical (unpaired) electrons. The molecular weight excluding hydrogens is 220 g/mol. The molecule has 102 valence electrons. The van der Waals surface area contributed by atoms with Crippen LogP contribution in [0.15, 0.2) is 24.5 Å². The van der Waals surface area contributed by atoms with Gasteiger partial charge >= 0.3 is 0 Å². The van der Waals surface area contributed by atoms with Crippen LogP contribution in [0.4, 0.5) is 0 Å². The molecule has 0 fully saturated rings. The Bertz CT molecular complexity index is 297. The maximum Gasteiger partial charge on any atom is 0.0270 e. The predicted octanol–water partition coefficient (Wildman–Crippen LogP) is 3.82. The molecule has 1 rings (SSSR count). The molecule has 2 atom stereocenters. The second-order valence-electron chi connectivity index (χ2n) is 5.22. The number of pyridine rings is 1. The second-order valence-corrected chi connectivity index (χ2v) is 5.22. The quantitative estimate of drug-likeness (QED) is 0.718. The van der Waals surface area contributed by atoms with Crippen molar-refractivity contribution in [2.75, 3.05) is 6.54 Å². The van der Waals surface area contributed by atoms with Crippen molar-refractivity contribution >= 4 is 0 Å². The summed E-state index contributed by atoms with van der Waals surface area (Å²) >= 11 is 0. The Morgan fingerprint density at radius 3 is 2.44 bits per heavy atom. The summed E-state index contributed by atoms with van der Waals surface area (Å²) in [7, 11) is 0. The first-order chi connectivity index (χ1) is 8.77. The molecule has 2 nitrogen and oxygen atoms in total. The van der Waals surface area contributed by atoms with E-state index in [9.17, 15) is 0 Å². The zero-order valence-corrected chi connectivity index (χ0v) is 12.2. The number of aromatic nitrogens is 1. The summed E-state index contributed by atoms with van der Waals surface area (Å²) in [5, 5.41) is 3.71. The van der Waals surface area contributed by atoms with Crippen molar-refractivity contribution in [2.45, 2.75) is 58.9 Å². The molecule has 1 heterocycles. The lowest BCUT2D eigenvalue weighted by Gasteiger charge is -2.25. The van der Waals surface area contributed by atoms with E-state index in [0.717, 1.165) is 18.9 Å². The zero-order chi connectivity index (χ0) is 13.2. The molecule has 0 bridgehead atoms. The summed E-state index contributed by atoms with van der Waals surface area (Å²) < 4.78 is 0.